The van der Waals surface area contributed by atoms with Crippen molar-refractivity contribution in [2.75, 3.05) is 19.9 Å². The van der Waals surface area contributed by atoms with Crippen LogP contribution in [-0.2, 0) is 15.1 Å². The molecule has 0 unspecified atom stereocenters. The topological polar surface area (TPSA) is 30.5 Å². The Kier molecular flexibility index (Phi) is 2.42. The van der Waals surface area contributed by atoms with Crippen molar-refractivity contribution in [2.45, 2.75) is 18.1 Å². The molecule has 2 aliphatic rings. The summed E-state index contributed by atoms with van der Waals surface area (Å²) >= 11 is 0. The summed E-state index contributed by atoms with van der Waals surface area (Å²) in [7, 11) is 0. The largest absolute Gasteiger partial charge is 0.347 e. The number of piperidine rings is 1. The van der Waals surface area contributed by atoms with E-state index in [1.807, 2.05) is 0 Å². The van der Waals surface area contributed by atoms with Crippen LogP contribution in [0.2, 0.25) is 0 Å². The Labute approximate surface area is 93.6 Å². The molecule has 0 amide bonds. The number of hydrogen-bond acceptors (Lipinski definition) is 3. The molecular formula is C12H14FNO2. The molecule has 86 valence electrons. The van der Waals surface area contributed by atoms with Crippen molar-refractivity contribution in [1.29, 1.82) is 0 Å². The highest BCUT2D eigenvalue weighted by Gasteiger charge is 2.48. The summed E-state index contributed by atoms with van der Waals surface area (Å²) in [6.07, 6.45) is 0.898. The molecule has 0 radical (unpaired) electrons. The van der Waals surface area contributed by atoms with Gasteiger partial charge in [-0.25, -0.2) is 4.39 Å². The quantitative estimate of drug-likeness (QED) is 0.780. The number of benzene rings is 1. The molecule has 1 aromatic carbocycles. The van der Waals surface area contributed by atoms with Crippen LogP contribution in [0.15, 0.2) is 24.3 Å². The maximum atomic E-state index is 12.9. The molecule has 3 nitrogen and oxygen atoms in total. The van der Waals surface area contributed by atoms with Crippen molar-refractivity contribution in [2.24, 2.45) is 0 Å². The van der Waals surface area contributed by atoms with Gasteiger partial charge < -0.3 is 14.8 Å². The summed E-state index contributed by atoms with van der Waals surface area (Å²) in [5.41, 5.74) is 0.636. The Bertz CT molecular complexity index is 381. The summed E-state index contributed by atoms with van der Waals surface area (Å²) < 4.78 is 24.3. The molecule has 4 heteroatoms. The van der Waals surface area contributed by atoms with E-state index in [-0.39, 0.29) is 17.5 Å². The standard InChI is InChI=1S/C12H14FNO2/c13-10-3-1-9(2-4-10)12-5-6-14-7-11(12)15-8-16-12/h1-4,11,14H,5-8H2/t11-,12-/m1/s1. The van der Waals surface area contributed by atoms with E-state index in [1.165, 1.54) is 12.1 Å². The van der Waals surface area contributed by atoms with Gasteiger partial charge in [-0.2, -0.15) is 0 Å². The van der Waals surface area contributed by atoms with Crippen LogP contribution in [0.4, 0.5) is 4.39 Å². The molecular weight excluding hydrogens is 209 g/mol. The lowest BCUT2D eigenvalue weighted by atomic mass is 9.83. The minimum atomic E-state index is -0.376. The number of ether oxygens (including phenoxy) is 2. The number of hydrogen-bond donors (Lipinski definition) is 1. The third kappa shape index (κ3) is 1.45. The van der Waals surface area contributed by atoms with Crippen LogP contribution in [0.1, 0.15) is 12.0 Å². The van der Waals surface area contributed by atoms with Crippen LogP contribution >= 0.6 is 0 Å². The summed E-state index contributed by atoms with van der Waals surface area (Å²) in [6.45, 7) is 2.01. The second kappa shape index (κ2) is 3.80. The van der Waals surface area contributed by atoms with Crippen LogP contribution in [0.5, 0.6) is 0 Å². The van der Waals surface area contributed by atoms with Gasteiger partial charge in [-0.05, 0) is 30.7 Å². The van der Waals surface area contributed by atoms with Crippen molar-refractivity contribution < 1.29 is 13.9 Å². The first kappa shape index (κ1) is 10.2. The van der Waals surface area contributed by atoms with Crippen LogP contribution in [-0.4, -0.2) is 26.0 Å². The van der Waals surface area contributed by atoms with Crippen molar-refractivity contribution in [3.63, 3.8) is 0 Å². The van der Waals surface area contributed by atoms with Crippen molar-refractivity contribution >= 4 is 0 Å². The molecule has 2 fully saturated rings. The Morgan fingerprint density at radius 2 is 2.12 bits per heavy atom. The van der Waals surface area contributed by atoms with E-state index < -0.39 is 0 Å². The molecule has 16 heavy (non-hydrogen) atoms. The monoisotopic (exact) mass is 223 g/mol. The van der Waals surface area contributed by atoms with E-state index >= 15 is 0 Å². The maximum Gasteiger partial charge on any atom is 0.148 e. The van der Waals surface area contributed by atoms with Gasteiger partial charge >= 0.3 is 0 Å². The Hall–Kier alpha value is -0.970. The fraction of sp³-hybridized carbons (Fsp3) is 0.500. The molecule has 0 spiro atoms. The van der Waals surface area contributed by atoms with Crippen LogP contribution < -0.4 is 5.32 Å². The van der Waals surface area contributed by atoms with Gasteiger partial charge in [0.05, 0.1) is 0 Å². The highest BCUT2D eigenvalue weighted by atomic mass is 19.1. The third-order valence-electron chi connectivity index (χ3n) is 3.44. The lowest BCUT2D eigenvalue weighted by molar-refractivity contribution is -0.0267. The molecule has 0 aromatic heterocycles. The predicted octanol–water partition coefficient (Wildman–Crippen LogP) is 1.39. The van der Waals surface area contributed by atoms with E-state index in [0.717, 1.165) is 25.1 Å². The SMILES string of the molecule is Fc1ccc([C@]23CCNC[C@H]2OCO3)cc1. The fourth-order valence-corrected chi connectivity index (χ4v) is 2.56. The zero-order valence-electron chi connectivity index (χ0n) is 8.91. The minimum absolute atomic E-state index is 0.0340. The summed E-state index contributed by atoms with van der Waals surface area (Å²) in [6, 6.07) is 6.54. The number of nitrogens with one attached hydrogen (secondary N) is 1. The molecule has 0 saturated carbocycles. The molecule has 2 saturated heterocycles. The third-order valence-corrected chi connectivity index (χ3v) is 3.44. The van der Waals surface area contributed by atoms with Crippen LogP contribution in [0.25, 0.3) is 0 Å². The average Bonchev–Trinajstić information content (AvgIpc) is 2.74. The zero-order chi connectivity index (χ0) is 11.0. The van der Waals surface area contributed by atoms with E-state index in [2.05, 4.69) is 5.32 Å². The molecule has 2 atom stereocenters. The minimum Gasteiger partial charge on any atom is -0.347 e. The Morgan fingerprint density at radius 1 is 1.31 bits per heavy atom. The van der Waals surface area contributed by atoms with E-state index in [9.17, 15) is 4.39 Å². The molecule has 2 aliphatic heterocycles. The van der Waals surface area contributed by atoms with Crippen molar-refractivity contribution in [1.82, 2.24) is 5.32 Å². The predicted molar refractivity (Wildman–Crippen MR) is 56.4 cm³/mol. The first-order valence-electron chi connectivity index (χ1n) is 5.54. The van der Waals surface area contributed by atoms with Gasteiger partial charge in [-0.15, -0.1) is 0 Å². The first-order valence-corrected chi connectivity index (χ1v) is 5.54. The summed E-state index contributed by atoms with van der Waals surface area (Å²) in [5.74, 6) is -0.218. The number of fused-ring (bicyclic) bond motifs is 1. The molecule has 0 bridgehead atoms. The van der Waals surface area contributed by atoms with Gasteiger partial charge in [-0.3, -0.25) is 0 Å². The molecule has 3 rings (SSSR count). The second-order valence-electron chi connectivity index (χ2n) is 4.27. The van der Waals surface area contributed by atoms with E-state index in [1.54, 1.807) is 12.1 Å². The zero-order valence-corrected chi connectivity index (χ0v) is 8.91. The highest BCUT2D eigenvalue weighted by Crippen LogP contribution is 2.40. The number of rotatable bonds is 1. The molecule has 0 aliphatic carbocycles. The molecule has 2 heterocycles. The average molecular weight is 223 g/mol. The molecule has 1 aromatic rings. The van der Waals surface area contributed by atoms with Gasteiger partial charge in [-0.1, -0.05) is 12.1 Å². The van der Waals surface area contributed by atoms with Gasteiger partial charge in [0.1, 0.15) is 24.3 Å². The van der Waals surface area contributed by atoms with E-state index in [4.69, 9.17) is 9.47 Å². The second-order valence-corrected chi connectivity index (χ2v) is 4.27. The maximum absolute atomic E-state index is 12.9. The molecule has 1 N–H and O–H groups in total. The lowest BCUT2D eigenvalue weighted by Gasteiger charge is -2.37. The van der Waals surface area contributed by atoms with Crippen molar-refractivity contribution in [3.8, 4) is 0 Å². The fourth-order valence-electron chi connectivity index (χ4n) is 2.56. The van der Waals surface area contributed by atoms with Crippen molar-refractivity contribution in [3.05, 3.63) is 35.6 Å². The van der Waals surface area contributed by atoms with Gasteiger partial charge in [0, 0.05) is 6.54 Å². The lowest BCUT2D eigenvalue weighted by Crippen LogP contribution is -2.50. The van der Waals surface area contributed by atoms with Crippen LogP contribution in [0.3, 0.4) is 0 Å². The van der Waals surface area contributed by atoms with Crippen LogP contribution in [0, 0.1) is 5.82 Å². The smallest absolute Gasteiger partial charge is 0.148 e. The Morgan fingerprint density at radius 3 is 2.94 bits per heavy atom. The Balaban J connectivity index is 1.98. The summed E-state index contributed by atoms with van der Waals surface area (Å²) in [4.78, 5) is 0. The van der Waals surface area contributed by atoms with E-state index in [0.29, 0.717) is 6.79 Å². The normalized spacial score (nSPS) is 33.7. The first-order chi connectivity index (χ1) is 7.81. The van der Waals surface area contributed by atoms with Gasteiger partial charge in [0.25, 0.3) is 0 Å². The number of halogens is 1. The summed E-state index contributed by atoms with van der Waals surface area (Å²) in [5, 5.41) is 3.28. The van der Waals surface area contributed by atoms with Gasteiger partial charge in [0.15, 0.2) is 0 Å². The van der Waals surface area contributed by atoms with Gasteiger partial charge in [0.2, 0.25) is 0 Å². The highest BCUT2D eigenvalue weighted by molar-refractivity contribution is 5.26.